The molecule has 1 aromatic carbocycles. The summed E-state index contributed by atoms with van der Waals surface area (Å²) in [6, 6.07) is 6.93. The van der Waals surface area contributed by atoms with Crippen molar-refractivity contribution in [3.8, 4) is 11.9 Å². The molecule has 6 rings (SSSR count). The lowest BCUT2D eigenvalue weighted by Crippen LogP contribution is -2.34. The van der Waals surface area contributed by atoms with Gasteiger partial charge >= 0.3 is 0 Å². The van der Waals surface area contributed by atoms with E-state index >= 15 is 0 Å². The second-order valence-corrected chi connectivity index (χ2v) is 8.37. The van der Waals surface area contributed by atoms with Crippen LogP contribution in [0.15, 0.2) is 24.3 Å². The van der Waals surface area contributed by atoms with E-state index in [-0.39, 0.29) is 30.4 Å². The topological polar surface area (TPSA) is 98.7 Å². The van der Waals surface area contributed by atoms with Crippen molar-refractivity contribution in [3.05, 3.63) is 46.2 Å². The molecule has 2 saturated heterocycles. The van der Waals surface area contributed by atoms with Crippen molar-refractivity contribution in [1.82, 2.24) is 15.0 Å². The summed E-state index contributed by atoms with van der Waals surface area (Å²) in [7, 11) is 0. The number of aromatic amines is 1. The van der Waals surface area contributed by atoms with Crippen molar-refractivity contribution in [1.29, 1.82) is 0 Å². The molecule has 2 N–H and O–H groups in total. The van der Waals surface area contributed by atoms with Gasteiger partial charge in [0.2, 0.25) is 5.88 Å². The van der Waals surface area contributed by atoms with E-state index in [9.17, 15) is 9.50 Å². The van der Waals surface area contributed by atoms with Crippen molar-refractivity contribution in [2.75, 3.05) is 13.2 Å². The zero-order valence-electron chi connectivity index (χ0n) is 16.3. The quantitative estimate of drug-likeness (QED) is 0.634. The van der Waals surface area contributed by atoms with E-state index in [0.29, 0.717) is 34.8 Å². The normalized spacial score (nSPS) is 29.3. The number of benzene rings is 1. The average Bonchev–Trinajstić information content (AvgIpc) is 3.50. The summed E-state index contributed by atoms with van der Waals surface area (Å²) < 4.78 is 37.3. The van der Waals surface area contributed by atoms with Crippen LogP contribution in [-0.2, 0) is 15.9 Å². The summed E-state index contributed by atoms with van der Waals surface area (Å²) in [5.41, 5.74) is 2.44. The van der Waals surface area contributed by atoms with Gasteiger partial charge in [-0.25, -0.2) is 4.39 Å². The van der Waals surface area contributed by atoms with Crippen LogP contribution in [0.25, 0.3) is 11.2 Å². The van der Waals surface area contributed by atoms with Gasteiger partial charge in [-0.3, -0.25) is 0 Å². The largest absolute Gasteiger partial charge is 0.468 e. The van der Waals surface area contributed by atoms with Crippen molar-refractivity contribution in [2.24, 2.45) is 0 Å². The highest BCUT2D eigenvalue weighted by Crippen LogP contribution is 2.38. The second kappa shape index (κ2) is 7.30. The predicted octanol–water partition coefficient (Wildman–Crippen LogP) is 2.72. The Morgan fingerprint density at radius 3 is 2.94 bits per heavy atom. The third kappa shape index (κ3) is 3.23. The number of fused-ring (bicyclic) bond motifs is 3. The number of pyridine rings is 1. The maximum atomic E-state index is 14.3. The Balaban J connectivity index is 1.24. The number of rotatable bonds is 4. The van der Waals surface area contributed by atoms with Crippen molar-refractivity contribution in [2.45, 2.75) is 43.4 Å². The molecule has 1 unspecified atom stereocenters. The molecule has 0 spiro atoms. The molecule has 0 amide bonds. The number of nitrogens with zero attached hydrogens (tertiary/aromatic N) is 2. The first-order valence-electron chi connectivity index (χ1n) is 10.1. The van der Waals surface area contributed by atoms with Gasteiger partial charge in [-0.05, 0) is 30.5 Å². The van der Waals surface area contributed by atoms with Gasteiger partial charge in [0.15, 0.2) is 11.8 Å². The fraction of sp³-hybridized carbons (Fsp3) is 0.429. The zero-order chi connectivity index (χ0) is 21.1. The number of hydrogen-bond donors (Lipinski definition) is 2. The molecule has 2 aromatic heterocycles. The smallest absolute Gasteiger partial charge is 0.296 e. The Labute approximate surface area is 181 Å². The molecule has 3 aliphatic rings. The third-order valence-electron chi connectivity index (χ3n) is 6.01. The summed E-state index contributed by atoms with van der Waals surface area (Å²) in [5, 5.41) is 10.2. The number of aliphatic hydroxyl groups excluding tert-OH is 1. The minimum absolute atomic E-state index is 0.194. The highest BCUT2D eigenvalue weighted by molar-refractivity contribution is 6.32. The van der Waals surface area contributed by atoms with Crippen molar-refractivity contribution < 1.29 is 28.4 Å². The zero-order valence-corrected chi connectivity index (χ0v) is 17.0. The highest BCUT2D eigenvalue weighted by Gasteiger charge is 2.48. The van der Waals surface area contributed by atoms with Crippen molar-refractivity contribution >= 4 is 22.8 Å². The summed E-state index contributed by atoms with van der Waals surface area (Å²) in [6.07, 6.45) is -0.858. The molecule has 0 bridgehead atoms. The van der Waals surface area contributed by atoms with Crippen LogP contribution < -0.4 is 9.47 Å². The number of H-pyrrole nitrogens is 1. The lowest BCUT2D eigenvalue weighted by Gasteiger charge is -2.15. The minimum atomic E-state index is -0.653. The van der Waals surface area contributed by atoms with Gasteiger partial charge in [-0.2, -0.15) is 9.97 Å². The molecule has 0 saturated carbocycles. The van der Waals surface area contributed by atoms with Gasteiger partial charge in [-0.1, -0.05) is 23.7 Å². The van der Waals surface area contributed by atoms with E-state index in [0.717, 1.165) is 12.0 Å². The second-order valence-electron chi connectivity index (χ2n) is 7.97. The van der Waals surface area contributed by atoms with Gasteiger partial charge in [-0.15, -0.1) is 0 Å². The van der Waals surface area contributed by atoms with Crippen LogP contribution in [0.1, 0.15) is 23.7 Å². The molecule has 8 nitrogen and oxygen atoms in total. The van der Waals surface area contributed by atoms with Gasteiger partial charge in [0.25, 0.3) is 6.01 Å². The predicted molar refractivity (Wildman–Crippen MR) is 107 cm³/mol. The summed E-state index contributed by atoms with van der Waals surface area (Å²) in [6.45, 7) is 0.511. The molecule has 31 heavy (non-hydrogen) atoms. The minimum Gasteiger partial charge on any atom is -0.468 e. The molecule has 2 aliphatic heterocycles. The Morgan fingerprint density at radius 2 is 2.03 bits per heavy atom. The first kappa shape index (κ1) is 19.2. The Bertz CT molecular complexity index is 1160. The lowest BCUT2D eigenvalue weighted by atomic mass is 10.1. The fourth-order valence-corrected chi connectivity index (χ4v) is 4.75. The van der Waals surface area contributed by atoms with Crippen LogP contribution in [0.3, 0.4) is 0 Å². The van der Waals surface area contributed by atoms with Crippen LogP contribution >= 0.6 is 11.6 Å². The Kier molecular flexibility index (Phi) is 4.53. The van der Waals surface area contributed by atoms with Gasteiger partial charge in [0.1, 0.15) is 35.3 Å². The summed E-state index contributed by atoms with van der Waals surface area (Å²) in [4.78, 5) is 11.8. The molecule has 1 aliphatic carbocycles. The van der Waals surface area contributed by atoms with E-state index < -0.39 is 24.4 Å². The SMILES string of the molecule is O[C@@H]1CO[C@H]2[C@@H]1OC[C@H]2Oc1nc2nc(OC3CCc4cccc(F)c43)c(Cl)cc2[nH]1. The highest BCUT2D eigenvalue weighted by atomic mass is 35.5. The van der Waals surface area contributed by atoms with E-state index in [2.05, 4.69) is 15.0 Å². The van der Waals surface area contributed by atoms with E-state index in [4.69, 9.17) is 30.5 Å². The number of nitrogens with one attached hydrogen (secondary N) is 1. The van der Waals surface area contributed by atoms with Gasteiger partial charge < -0.3 is 29.0 Å². The molecule has 162 valence electrons. The monoisotopic (exact) mass is 447 g/mol. The average molecular weight is 448 g/mol. The van der Waals surface area contributed by atoms with Crippen LogP contribution in [0, 0.1) is 5.82 Å². The summed E-state index contributed by atoms with van der Waals surface area (Å²) >= 11 is 6.38. The van der Waals surface area contributed by atoms with Crippen LogP contribution in [-0.4, -0.2) is 57.7 Å². The third-order valence-corrected chi connectivity index (χ3v) is 6.28. The number of aryl methyl sites for hydroxylation is 1. The lowest BCUT2D eigenvalue weighted by molar-refractivity contribution is 0.00706. The number of imidazole rings is 1. The first-order valence-corrected chi connectivity index (χ1v) is 10.5. The molecule has 0 radical (unpaired) electrons. The van der Waals surface area contributed by atoms with Crippen LogP contribution in [0.4, 0.5) is 4.39 Å². The number of hydrogen-bond acceptors (Lipinski definition) is 7. The molecule has 3 aromatic rings. The molecule has 2 fully saturated rings. The van der Waals surface area contributed by atoms with Crippen LogP contribution in [0.5, 0.6) is 11.9 Å². The molecule has 4 heterocycles. The Morgan fingerprint density at radius 1 is 1.16 bits per heavy atom. The number of aromatic nitrogens is 3. The maximum Gasteiger partial charge on any atom is 0.296 e. The first-order chi connectivity index (χ1) is 15.1. The van der Waals surface area contributed by atoms with Gasteiger partial charge in [0, 0.05) is 5.56 Å². The number of ether oxygens (including phenoxy) is 4. The summed E-state index contributed by atoms with van der Waals surface area (Å²) in [5.74, 6) is -0.0937. The van der Waals surface area contributed by atoms with E-state index in [1.807, 2.05) is 6.07 Å². The maximum absolute atomic E-state index is 14.3. The van der Waals surface area contributed by atoms with E-state index in [1.54, 1.807) is 12.1 Å². The molecular formula is C21H19ClFN3O5. The van der Waals surface area contributed by atoms with Crippen molar-refractivity contribution in [3.63, 3.8) is 0 Å². The fourth-order valence-electron chi connectivity index (χ4n) is 4.55. The van der Waals surface area contributed by atoms with Gasteiger partial charge in [0.05, 0.1) is 18.7 Å². The standard InChI is InChI=1S/C21H19ClFN3O5/c22-10-6-12-19(25-20(10)30-14-5-4-9-2-1-3-11(23)16(9)14)26-21(24-12)31-15-8-29-17-13(27)7-28-18(15)17/h1-3,6,13-15,17-18,27H,4-5,7-8H2,(H,24,25,26)/t13-,14?,15-,17-,18-/m1/s1. The van der Waals surface area contributed by atoms with Crippen LogP contribution in [0.2, 0.25) is 5.02 Å². The molecule has 10 heteroatoms. The molecular weight excluding hydrogens is 429 g/mol. The number of halogens is 2. The Hall–Kier alpha value is -2.46. The number of aliphatic hydroxyl groups is 1. The molecule has 5 atom stereocenters. The van der Waals surface area contributed by atoms with E-state index in [1.165, 1.54) is 6.07 Å².